The van der Waals surface area contributed by atoms with Crippen LogP contribution in [-0.4, -0.2) is 29.9 Å². The molecular weight excluding hydrogens is 402 g/mol. The highest BCUT2D eigenvalue weighted by atomic mass is 19.4. The summed E-state index contributed by atoms with van der Waals surface area (Å²) in [5.41, 5.74) is 2.00. The minimum Gasteiger partial charge on any atom is -0.363 e. The van der Waals surface area contributed by atoms with Gasteiger partial charge in [-0.2, -0.15) is 13.2 Å². The third kappa shape index (κ3) is 4.00. The first-order chi connectivity index (χ1) is 14.3. The quantitative estimate of drug-likeness (QED) is 0.500. The molecule has 4 heterocycles. The molecule has 0 spiro atoms. The average molecular weight is 415 g/mol. The summed E-state index contributed by atoms with van der Waals surface area (Å²) in [7, 11) is 0. The summed E-state index contributed by atoms with van der Waals surface area (Å²) in [6, 6.07) is 4.12. The second-order valence-electron chi connectivity index (χ2n) is 6.38. The van der Waals surface area contributed by atoms with Gasteiger partial charge in [-0.15, -0.1) is 0 Å². The van der Waals surface area contributed by atoms with Gasteiger partial charge in [-0.3, -0.25) is 4.98 Å². The fourth-order valence-corrected chi connectivity index (χ4v) is 2.74. The second-order valence-corrected chi connectivity index (χ2v) is 6.38. The molecule has 4 aromatic heterocycles. The fourth-order valence-electron chi connectivity index (χ4n) is 2.74. The van der Waals surface area contributed by atoms with Crippen molar-refractivity contribution in [3.05, 3.63) is 66.5 Å². The normalized spacial score (nSPS) is 12.7. The molecule has 0 aliphatic carbocycles. The minimum absolute atomic E-state index is 0.411. The van der Waals surface area contributed by atoms with Gasteiger partial charge in [0.1, 0.15) is 18.0 Å². The Morgan fingerprint density at radius 3 is 2.33 bits per heavy atom. The number of fused-ring (bicyclic) bond motifs is 1. The van der Waals surface area contributed by atoms with Crippen LogP contribution in [0.4, 0.5) is 23.4 Å². The molecule has 4 aromatic rings. The Morgan fingerprint density at radius 1 is 0.900 bits per heavy atom. The van der Waals surface area contributed by atoms with Crippen LogP contribution in [0.5, 0.6) is 0 Å². The van der Waals surface area contributed by atoms with Crippen molar-refractivity contribution >= 4 is 16.9 Å². The summed E-state index contributed by atoms with van der Waals surface area (Å²) in [6.45, 7) is 1.73. The lowest BCUT2D eigenvalue weighted by Crippen LogP contribution is -2.14. The van der Waals surface area contributed by atoms with Gasteiger partial charge in [0.05, 0.1) is 23.3 Å². The number of halogens is 4. The van der Waals surface area contributed by atoms with E-state index >= 15 is 0 Å². The SMILES string of the molecule is C[C@@H](Nc1ncnc2ncc(-c3ccc(F)cn3)cc12)c1cnc(C(F)(F)F)nc1. The zero-order chi connectivity index (χ0) is 21.3. The van der Waals surface area contributed by atoms with Gasteiger partial charge >= 0.3 is 6.18 Å². The first kappa shape index (κ1) is 19.6. The Hall–Kier alpha value is -3.76. The van der Waals surface area contributed by atoms with Crippen molar-refractivity contribution in [3.63, 3.8) is 0 Å². The lowest BCUT2D eigenvalue weighted by molar-refractivity contribution is -0.145. The van der Waals surface area contributed by atoms with Gasteiger partial charge in [0.15, 0.2) is 5.65 Å². The molecule has 0 amide bonds. The van der Waals surface area contributed by atoms with Crippen LogP contribution in [0.1, 0.15) is 24.4 Å². The van der Waals surface area contributed by atoms with E-state index in [0.29, 0.717) is 33.7 Å². The molecule has 0 fully saturated rings. The van der Waals surface area contributed by atoms with Gasteiger partial charge in [0.2, 0.25) is 5.82 Å². The molecule has 0 bridgehead atoms. The van der Waals surface area contributed by atoms with E-state index in [9.17, 15) is 17.6 Å². The third-order valence-corrected chi connectivity index (χ3v) is 4.29. The van der Waals surface area contributed by atoms with E-state index in [-0.39, 0.29) is 0 Å². The predicted molar refractivity (Wildman–Crippen MR) is 99.6 cm³/mol. The van der Waals surface area contributed by atoms with Crippen LogP contribution in [0.2, 0.25) is 0 Å². The first-order valence-electron chi connectivity index (χ1n) is 8.69. The molecule has 0 radical (unpaired) electrons. The van der Waals surface area contributed by atoms with Crippen molar-refractivity contribution in [2.75, 3.05) is 5.32 Å². The molecule has 4 rings (SSSR count). The molecule has 30 heavy (non-hydrogen) atoms. The first-order valence-corrected chi connectivity index (χ1v) is 8.69. The number of anilines is 1. The number of nitrogens with one attached hydrogen (secondary N) is 1. The smallest absolute Gasteiger partial charge is 0.363 e. The van der Waals surface area contributed by atoms with Crippen molar-refractivity contribution < 1.29 is 17.6 Å². The van der Waals surface area contributed by atoms with Gasteiger partial charge in [-0.1, -0.05) is 0 Å². The molecule has 1 N–H and O–H groups in total. The van der Waals surface area contributed by atoms with E-state index in [1.54, 1.807) is 19.2 Å². The van der Waals surface area contributed by atoms with Crippen LogP contribution >= 0.6 is 0 Å². The lowest BCUT2D eigenvalue weighted by atomic mass is 10.1. The summed E-state index contributed by atoms with van der Waals surface area (Å²) in [5.74, 6) is -1.23. The van der Waals surface area contributed by atoms with E-state index in [0.717, 1.165) is 18.6 Å². The van der Waals surface area contributed by atoms with Crippen molar-refractivity contribution in [2.24, 2.45) is 0 Å². The van der Waals surface area contributed by atoms with Gasteiger partial charge in [-0.05, 0) is 25.1 Å². The topological polar surface area (TPSA) is 89.4 Å². The number of hydrogen-bond acceptors (Lipinski definition) is 7. The average Bonchev–Trinajstić information content (AvgIpc) is 2.74. The molecule has 0 aromatic carbocycles. The van der Waals surface area contributed by atoms with Crippen molar-refractivity contribution in [1.29, 1.82) is 0 Å². The zero-order valence-corrected chi connectivity index (χ0v) is 15.4. The molecule has 11 heteroatoms. The van der Waals surface area contributed by atoms with Crippen LogP contribution in [0.25, 0.3) is 22.3 Å². The number of rotatable bonds is 4. The highest BCUT2D eigenvalue weighted by Crippen LogP contribution is 2.28. The van der Waals surface area contributed by atoms with Crippen LogP contribution in [-0.2, 0) is 6.18 Å². The summed E-state index contributed by atoms with van der Waals surface area (Å²) < 4.78 is 51.1. The molecule has 0 aliphatic heterocycles. The molecule has 0 saturated heterocycles. The molecular formula is C19H13F4N7. The molecule has 152 valence electrons. The Balaban J connectivity index is 1.65. The summed E-state index contributed by atoms with van der Waals surface area (Å²) in [6.07, 6.45) is 1.61. The predicted octanol–water partition coefficient (Wildman–Crippen LogP) is 4.21. The Labute approximate surface area is 167 Å². The van der Waals surface area contributed by atoms with Crippen molar-refractivity contribution in [2.45, 2.75) is 19.1 Å². The number of pyridine rings is 2. The van der Waals surface area contributed by atoms with Crippen molar-refractivity contribution in [1.82, 2.24) is 29.9 Å². The van der Waals surface area contributed by atoms with Crippen molar-refractivity contribution in [3.8, 4) is 11.3 Å². The van der Waals surface area contributed by atoms with E-state index in [2.05, 4.69) is 35.2 Å². The monoisotopic (exact) mass is 415 g/mol. The Bertz CT molecular complexity index is 1180. The van der Waals surface area contributed by atoms with Gasteiger partial charge in [-0.25, -0.2) is 29.3 Å². The highest BCUT2D eigenvalue weighted by Gasteiger charge is 2.34. The van der Waals surface area contributed by atoms with Gasteiger partial charge in [0, 0.05) is 29.7 Å². The number of hydrogen-bond donors (Lipinski definition) is 1. The van der Waals surface area contributed by atoms with E-state index in [1.807, 2.05) is 0 Å². The van der Waals surface area contributed by atoms with Gasteiger partial charge < -0.3 is 5.32 Å². The molecule has 7 nitrogen and oxygen atoms in total. The number of nitrogens with zero attached hydrogens (tertiary/aromatic N) is 6. The van der Waals surface area contributed by atoms with Crippen LogP contribution < -0.4 is 5.32 Å². The summed E-state index contributed by atoms with van der Waals surface area (Å²) in [5, 5.41) is 3.68. The van der Waals surface area contributed by atoms with E-state index in [4.69, 9.17) is 0 Å². The lowest BCUT2D eigenvalue weighted by Gasteiger charge is -2.16. The van der Waals surface area contributed by atoms with Crippen LogP contribution in [0.15, 0.2) is 49.3 Å². The second kappa shape index (κ2) is 7.58. The van der Waals surface area contributed by atoms with E-state index < -0.39 is 23.9 Å². The standard InChI is InChI=1S/C19H13F4N7/c1-10(12-6-26-18(27-7-12)19(21,22)23)30-17-14-4-11(5-25-16(14)28-9-29-17)15-3-2-13(20)8-24-15/h2-10H,1H3,(H,25,28,29,30)/t10-/m1/s1. The molecule has 0 unspecified atom stereocenters. The fraction of sp³-hybridized carbons (Fsp3) is 0.158. The van der Waals surface area contributed by atoms with Crippen LogP contribution in [0.3, 0.4) is 0 Å². The van der Waals surface area contributed by atoms with E-state index in [1.165, 1.54) is 18.5 Å². The third-order valence-electron chi connectivity index (χ3n) is 4.29. The number of alkyl halides is 3. The maximum absolute atomic E-state index is 13.1. The molecule has 0 saturated carbocycles. The highest BCUT2D eigenvalue weighted by molar-refractivity contribution is 5.89. The summed E-state index contributed by atoms with van der Waals surface area (Å²) >= 11 is 0. The van der Waals surface area contributed by atoms with Crippen LogP contribution in [0, 0.1) is 5.82 Å². The largest absolute Gasteiger partial charge is 0.451 e. The number of aromatic nitrogens is 6. The van der Waals surface area contributed by atoms with Gasteiger partial charge in [0.25, 0.3) is 0 Å². The Kier molecular flexibility index (Phi) is 4.94. The maximum Gasteiger partial charge on any atom is 0.451 e. The maximum atomic E-state index is 13.1. The minimum atomic E-state index is -4.60. The molecule has 1 atom stereocenters. The Morgan fingerprint density at radius 2 is 1.67 bits per heavy atom. The summed E-state index contributed by atoms with van der Waals surface area (Å²) in [4.78, 5) is 23.4. The molecule has 0 aliphatic rings. The zero-order valence-electron chi connectivity index (χ0n) is 15.4.